The first-order chi connectivity index (χ1) is 8.22. The van der Waals surface area contributed by atoms with Crippen LogP contribution in [0.2, 0.25) is 0 Å². The highest BCUT2D eigenvalue weighted by Crippen LogP contribution is 2.22. The molecule has 3 N–H and O–H groups in total. The van der Waals surface area contributed by atoms with Gasteiger partial charge in [-0.2, -0.15) is 0 Å². The minimum Gasteiger partial charge on any atom is -0.385 e. The molecule has 0 radical (unpaired) electrons. The molecule has 3 atom stereocenters. The summed E-state index contributed by atoms with van der Waals surface area (Å²) in [5.74, 6) is 0.914. The average Bonchev–Trinajstić information content (AvgIpc) is 2.52. The van der Waals surface area contributed by atoms with E-state index in [2.05, 4.69) is 12.2 Å². The van der Waals surface area contributed by atoms with Crippen molar-refractivity contribution in [2.24, 2.45) is 11.7 Å². The topological polar surface area (TPSA) is 47.3 Å². The molecule has 0 aromatic heterocycles. The van der Waals surface area contributed by atoms with Gasteiger partial charge in [0.05, 0.1) is 0 Å². The fourth-order valence-electron chi connectivity index (χ4n) is 2.60. The summed E-state index contributed by atoms with van der Waals surface area (Å²) in [5, 5.41) is 3.64. The molecule has 1 rings (SSSR count). The summed E-state index contributed by atoms with van der Waals surface area (Å²) in [5.41, 5.74) is 6.08. The Morgan fingerprint density at radius 1 is 1.29 bits per heavy atom. The third-order valence-electron chi connectivity index (χ3n) is 3.85. The number of nitrogens with two attached hydrogens (primary N) is 1. The fourth-order valence-corrected chi connectivity index (χ4v) is 2.60. The van der Waals surface area contributed by atoms with Gasteiger partial charge in [0.25, 0.3) is 0 Å². The standard InChI is InChI=1S/C14H30N2O/c1-12-5-3-7-14(9-8-12)16-11-13(15)6-4-10-17-2/h12-14,16H,3-11,15H2,1-2H3. The first kappa shape index (κ1) is 14.9. The van der Waals surface area contributed by atoms with Gasteiger partial charge in [-0.3, -0.25) is 0 Å². The molecule has 3 nitrogen and oxygen atoms in total. The molecule has 1 aliphatic carbocycles. The minimum atomic E-state index is 0.283. The number of nitrogens with one attached hydrogen (secondary N) is 1. The van der Waals surface area contributed by atoms with Crippen LogP contribution < -0.4 is 11.1 Å². The molecule has 102 valence electrons. The zero-order chi connectivity index (χ0) is 12.5. The van der Waals surface area contributed by atoms with Crippen LogP contribution in [0.3, 0.4) is 0 Å². The van der Waals surface area contributed by atoms with Gasteiger partial charge < -0.3 is 15.8 Å². The van der Waals surface area contributed by atoms with Crippen LogP contribution in [-0.2, 0) is 4.74 Å². The summed E-state index contributed by atoms with van der Waals surface area (Å²) in [4.78, 5) is 0. The molecule has 0 heterocycles. The highest BCUT2D eigenvalue weighted by molar-refractivity contribution is 4.75. The second kappa shape index (κ2) is 8.90. The molecule has 3 unspecified atom stereocenters. The lowest BCUT2D eigenvalue weighted by atomic mass is 10.0. The van der Waals surface area contributed by atoms with E-state index in [1.54, 1.807) is 7.11 Å². The maximum atomic E-state index is 6.08. The third kappa shape index (κ3) is 7.02. The molecular formula is C14H30N2O. The Bertz CT molecular complexity index is 187. The number of hydrogen-bond donors (Lipinski definition) is 2. The van der Waals surface area contributed by atoms with Gasteiger partial charge in [0.2, 0.25) is 0 Å². The van der Waals surface area contributed by atoms with Gasteiger partial charge in [-0.05, 0) is 38.0 Å². The van der Waals surface area contributed by atoms with Crippen molar-refractivity contribution in [2.75, 3.05) is 20.3 Å². The Morgan fingerprint density at radius 2 is 2.12 bits per heavy atom. The highest BCUT2D eigenvalue weighted by atomic mass is 16.5. The van der Waals surface area contributed by atoms with Crippen LogP contribution in [0.15, 0.2) is 0 Å². The number of rotatable bonds is 7. The maximum absolute atomic E-state index is 6.08. The Balaban J connectivity index is 2.07. The van der Waals surface area contributed by atoms with E-state index in [4.69, 9.17) is 10.5 Å². The molecule has 0 spiro atoms. The molecule has 0 aromatic rings. The minimum absolute atomic E-state index is 0.283. The molecule has 0 aliphatic heterocycles. The van der Waals surface area contributed by atoms with Gasteiger partial charge in [0.15, 0.2) is 0 Å². The molecule has 17 heavy (non-hydrogen) atoms. The highest BCUT2D eigenvalue weighted by Gasteiger charge is 2.16. The lowest BCUT2D eigenvalue weighted by Gasteiger charge is -2.19. The third-order valence-corrected chi connectivity index (χ3v) is 3.85. The van der Waals surface area contributed by atoms with Crippen molar-refractivity contribution in [3.63, 3.8) is 0 Å². The summed E-state index contributed by atoms with van der Waals surface area (Å²) in [7, 11) is 1.75. The summed E-state index contributed by atoms with van der Waals surface area (Å²) in [6.07, 6.45) is 8.93. The molecule has 0 saturated heterocycles. The maximum Gasteiger partial charge on any atom is 0.0462 e. The predicted molar refractivity (Wildman–Crippen MR) is 73.1 cm³/mol. The van der Waals surface area contributed by atoms with E-state index in [1.807, 2.05) is 0 Å². The molecule has 1 fully saturated rings. The average molecular weight is 242 g/mol. The van der Waals surface area contributed by atoms with Gasteiger partial charge >= 0.3 is 0 Å². The monoisotopic (exact) mass is 242 g/mol. The van der Waals surface area contributed by atoms with Gasteiger partial charge in [-0.25, -0.2) is 0 Å². The van der Waals surface area contributed by atoms with Crippen LogP contribution in [0.5, 0.6) is 0 Å². The molecule has 3 heteroatoms. The molecule has 0 amide bonds. The Hall–Kier alpha value is -0.120. The first-order valence-corrected chi connectivity index (χ1v) is 7.20. The molecule has 1 aliphatic rings. The van der Waals surface area contributed by atoms with Gasteiger partial charge in [0, 0.05) is 32.3 Å². The van der Waals surface area contributed by atoms with Crippen LogP contribution in [0, 0.1) is 5.92 Å². The summed E-state index contributed by atoms with van der Waals surface area (Å²) in [6.45, 7) is 4.16. The van der Waals surface area contributed by atoms with Crippen LogP contribution in [0.4, 0.5) is 0 Å². The molecule has 1 saturated carbocycles. The van der Waals surface area contributed by atoms with E-state index >= 15 is 0 Å². The van der Waals surface area contributed by atoms with Crippen molar-refractivity contribution in [1.82, 2.24) is 5.32 Å². The van der Waals surface area contributed by atoms with Gasteiger partial charge in [0.1, 0.15) is 0 Å². The summed E-state index contributed by atoms with van der Waals surface area (Å²) >= 11 is 0. The number of ether oxygens (including phenoxy) is 1. The molecule has 0 aromatic carbocycles. The second-order valence-corrected chi connectivity index (χ2v) is 5.61. The number of methoxy groups -OCH3 is 1. The molecule has 0 bridgehead atoms. The van der Waals surface area contributed by atoms with Crippen LogP contribution in [0.25, 0.3) is 0 Å². The van der Waals surface area contributed by atoms with Crippen LogP contribution >= 0.6 is 0 Å². The second-order valence-electron chi connectivity index (χ2n) is 5.61. The Labute approximate surface area is 106 Å². The van der Waals surface area contributed by atoms with Crippen LogP contribution in [0.1, 0.15) is 51.9 Å². The lowest BCUT2D eigenvalue weighted by Crippen LogP contribution is -2.39. The SMILES string of the molecule is COCCCC(N)CNC1CCCC(C)CC1. The van der Waals surface area contributed by atoms with Crippen molar-refractivity contribution >= 4 is 0 Å². The van der Waals surface area contributed by atoms with Crippen LogP contribution in [-0.4, -0.2) is 32.3 Å². The number of hydrogen-bond acceptors (Lipinski definition) is 3. The summed E-state index contributed by atoms with van der Waals surface area (Å²) in [6, 6.07) is 0.985. The van der Waals surface area contributed by atoms with Crippen molar-refractivity contribution in [1.29, 1.82) is 0 Å². The lowest BCUT2D eigenvalue weighted by molar-refractivity contribution is 0.190. The van der Waals surface area contributed by atoms with E-state index < -0.39 is 0 Å². The largest absolute Gasteiger partial charge is 0.385 e. The van der Waals surface area contributed by atoms with Crippen molar-refractivity contribution in [3.05, 3.63) is 0 Å². The van der Waals surface area contributed by atoms with E-state index in [0.29, 0.717) is 6.04 Å². The normalized spacial score (nSPS) is 27.7. The van der Waals surface area contributed by atoms with Crippen molar-refractivity contribution in [3.8, 4) is 0 Å². The Morgan fingerprint density at radius 3 is 2.88 bits per heavy atom. The zero-order valence-corrected chi connectivity index (χ0v) is 11.6. The van der Waals surface area contributed by atoms with Gasteiger partial charge in [-0.1, -0.05) is 19.8 Å². The van der Waals surface area contributed by atoms with Crippen molar-refractivity contribution in [2.45, 2.75) is 64.0 Å². The molecular weight excluding hydrogens is 212 g/mol. The fraction of sp³-hybridized carbons (Fsp3) is 1.00. The first-order valence-electron chi connectivity index (χ1n) is 7.20. The Kier molecular flexibility index (Phi) is 7.82. The summed E-state index contributed by atoms with van der Waals surface area (Å²) < 4.78 is 5.04. The quantitative estimate of drug-likeness (QED) is 0.532. The van der Waals surface area contributed by atoms with Crippen molar-refractivity contribution < 1.29 is 4.74 Å². The van der Waals surface area contributed by atoms with E-state index in [-0.39, 0.29) is 6.04 Å². The zero-order valence-electron chi connectivity index (χ0n) is 11.6. The van der Waals surface area contributed by atoms with E-state index in [0.717, 1.165) is 31.9 Å². The smallest absolute Gasteiger partial charge is 0.0462 e. The van der Waals surface area contributed by atoms with E-state index in [1.165, 1.54) is 32.1 Å². The van der Waals surface area contributed by atoms with E-state index in [9.17, 15) is 0 Å². The van der Waals surface area contributed by atoms with Gasteiger partial charge in [-0.15, -0.1) is 0 Å². The predicted octanol–water partition coefficient (Wildman–Crippen LogP) is 2.30.